The summed E-state index contributed by atoms with van der Waals surface area (Å²) in [6.07, 6.45) is 7.12. The molecule has 0 aromatic heterocycles. The monoisotopic (exact) mass is 622 g/mol. The molecule has 0 heterocycles. The van der Waals surface area contributed by atoms with E-state index >= 15 is 0 Å². The minimum Gasteiger partial charge on any atom is -0.672 e. The summed E-state index contributed by atoms with van der Waals surface area (Å²) in [5.74, 6) is 3.66. The van der Waals surface area contributed by atoms with E-state index in [1.165, 1.54) is 47.1 Å². The van der Waals surface area contributed by atoms with E-state index in [1.807, 2.05) is 12.1 Å². The second-order valence-corrected chi connectivity index (χ2v) is 11.1. The first-order valence-corrected chi connectivity index (χ1v) is 14.5. The maximum Gasteiger partial charge on any atom is 0.0213 e. The van der Waals surface area contributed by atoms with E-state index < -0.39 is 0 Å². The van der Waals surface area contributed by atoms with E-state index in [0.717, 1.165) is 27.3 Å². The minimum atomic E-state index is 0. The fourth-order valence-corrected chi connectivity index (χ4v) is 5.46. The van der Waals surface area contributed by atoms with Gasteiger partial charge in [0.1, 0.15) is 0 Å². The summed E-state index contributed by atoms with van der Waals surface area (Å²) >= 11 is 0. The summed E-state index contributed by atoms with van der Waals surface area (Å²) in [5.41, 5.74) is 14.7. The van der Waals surface area contributed by atoms with Crippen molar-refractivity contribution in [2.45, 2.75) is 65.6 Å². The van der Waals surface area contributed by atoms with Gasteiger partial charge in [0.2, 0.25) is 0 Å². The summed E-state index contributed by atoms with van der Waals surface area (Å²) in [6, 6.07) is 20.8. The molecule has 175 valence electrons. The molecule has 1 radical (unpaired) electrons. The molecule has 3 heteroatoms. The predicted molar refractivity (Wildman–Crippen MR) is 142 cm³/mol. The Morgan fingerprint density at radius 3 is 1.33 bits per heavy atom. The molecular weight excluding hydrogens is 581 g/mol. The van der Waals surface area contributed by atoms with Crippen LogP contribution >= 0.6 is 0 Å². The Morgan fingerprint density at radius 2 is 1.15 bits per heavy atom. The van der Waals surface area contributed by atoms with Crippen molar-refractivity contribution in [1.82, 2.24) is 0 Å². The quantitative estimate of drug-likeness (QED) is 0.226. The van der Waals surface area contributed by atoms with E-state index in [1.54, 1.807) is 0 Å². The molecule has 1 unspecified atom stereocenters. The van der Waals surface area contributed by atoms with Crippen molar-refractivity contribution >= 4 is 9.52 Å². The van der Waals surface area contributed by atoms with Gasteiger partial charge in [0, 0.05) is 35.4 Å². The zero-order chi connectivity index (χ0) is 23.3. The molecule has 1 N–H and O–H groups in total. The first-order chi connectivity index (χ1) is 15.3. The molecule has 4 saturated carbocycles. The van der Waals surface area contributed by atoms with Crippen molar-refractivity contribution in [3.63, 3.8) is 0 Å². The third-order valence-electron chi connectivity index (χ3n) is 7.51. The third kappa shape index (κ3) is 7.23. The van der Waals surface area contributed by atoms with Gasteiger partial charge >= 0.3 is 0 Å². The zero-order valence-electron chi connectivity index (χ0n) is 21.3. The average Bonchev–Trinajstić information content (AvgIpc) is 3.17. The van der Waals surface area contributed by atoms with Crippen LogP contribution in [-0.4, -0.2) is 15.1 Å². The second kappa shape index (κ2) is 12.6. The van der Waals surface area contributed by atoms with Gasteiger partial charge in [-0.1, -0.05) is 120 Å². The van der Waals surface area contributed by atoms with Gasteiger partial charge in [-0.05, 0) is 28.9 Å². The van der Waals surface area contributed by atoms with Gasteiger partial charge < -0.3 is 5.73 Å². The Bertz CT molecular complexity index is 864. The summed E-state index contributed by atoms with van der Waals surface area (Å²) in [6.45, 7) is 13.1. The molecule has 5 aliphatic carbocycles. The molecule has 0 spiro atoms. The van der Waals surface area contributed by atoms with Gasteiger partial charge in [0.15, 0.2) is 0 Å². The van der Waals surface area contributed by atoms with Crippen LogP contribution in [0.4, 0.5) is 0 Å². The molecule has 1 atom stereocenters. The van der Waals surface area contributed by atoms with Crippen molar-refractivity contribution in [3.05, 3.63) is 89.2 Å². The first-order valence-electron chi connectivity index (χ1n) is 12.2. The van der Waals surface area contributed by atoms with Crippen LogP contribution in [0.15, 0.2) is 77.4 Å². The van der Waals surface area contributed by atoms with Crippen molar-refractivity contribution in [2.24, 2.45) is 23.7 Å². The molecule has 0 amide bonds. The van der Waals surface area contributed by atoms with E-state index in [4.69, 9.17) is 5.73 Å². The van der Waals surface area contributed by atoms with Crippen LogP contribution in [0.2, 0.25) is 13.1 Å². The normalized spacial score (nSPS) is 29.4. The number of allylic oxidation sites excluding steroid dienone is 4. The average molecular weight is 621 g/mol. The van der Waals surface area contributed by atoms with Gasteiger partial charge in [-0.15, -0.1) is 12.5 Å². The molecule has 1 nitrogen and oxygen atoms in total. The summed E-state index contributed by atoms with van der Waals surface area (Å²) in [5, 5.41) is 0. The fourth-order valence-electron chi connectivity index (χ4n) is 5.46. The van der Waals surface area contributed by atoms with E-state index in [0.29, 0.717) is 5.92 Å². The number of benzene rings is 2. The Balaban J connectivity index is 0.000000166. The van der Waals surface area contributed by atoms with Crippen LogP contribution in [0.5, 0.6) is 0 Å². The number of rotatable bonds is 1. The Labute approximate surface area is 223 Å². The van der Waals surface area contributed by atoms with Crippen molar-refractivity contribution in [2.75, 3.05) is 0 Å². The van der Waals surface area contributed by atoms with Crippen molar-refractivity contribution < 1.29 is 25.8 Å². The largest absolute Gasteiger partial charge is 0.672 e. The maximum absolute atomic E-state index is 7.79. The molecule has 4 bridgehead atoms. The van der Waals surface area contributed by atoms with Crippen LogP contribution in [0.1, 0.15) is 47.0 Å². The maximum atomic E-state index is 7.79. The smallest absolute Gasteiger partial charge is 0.0213 e. The molecule has 7 rings (SSSR count). The third-order valence-corrected chi connectivity index (χ3v) is 7.51. The Hall–Kier alpha value is -1.03. The molecule has 0 aliphatic heterocycles. The zero-order valence-corrected chi connectivity index (χ0v) is 26.0. The number of hydrogen-bond acceptors (Lipinski definition) is 0. The predicted octanol–water partition coefficient (Wildman–Crippen LogP) is 8.43. The van der Waals surface area contributed by atoms with Gasteiger partial charge in [0.05, 0.1) is 0 Å². The van der Waals surface area contributed by atoms with Gasteiger partial charge in [-0.2, -0.15) is 11.1 Å². The van der Waals surface area contributed by atoms with E-state index in [2.05, 4.69) is 95.4 Å². The minimum absolute atomic E-state index is 0. The number of hydrogen-bond donors (Lipinski definition) is 0. The molecule has 5 aliphatic rings. The molecule has 33 heavy (non-hydrogen) atoms. The Morgan fingerprint density at radius 1 is 0.788 bits per heavy atom. The molecule has 2 aromatic rings. The van der Waals surface area contributed by atoms with Crippen LogP contribution < -0.4 is 0 Å². The fraction of sp³-hybridized carbons (Fsp3) is 0.467. The van der Waals surface area contributed by atoms with Crippen LogP contribution in [0.3, 0.4) is 0 Å². The van der Waals surface area contributed by atoms with Gasteiger partial charge in [0.25, 0.3) is 0 Å². The summed E-state index contributed by atoms with van der Waals surface area (Å²) in [4.78, 5) is 0. The van der Waals surface area contributed by atoms with E-state index in [-0.39, 0.29) is 31.4 Å². The molecule has 0 saturated heterocycles. The van der Waals surface area contributed by atoms with Gasteiger partial charge in [-0.25, -0.2) is 5.57 Å². The second-order valence-electron chi connectivity index (χ2n) is 9.99. The molecule has 4 fully saturated rings. The van der Waals surface area contributed by atoms with Crippen molar-refractivity contribution in [1.29, 1.82) is 0 Å². The SMILES string of the molecule is CC1=[C-]C(C)C(C)=C1C.C[SiH]C.[Hf].[NH-]C12CC3C(C1)C3C2.c1ccc(-c2ccccc2)cc1. The van der Waals surface area contributed by atoms with E-state index in [9.17, 15) is 0 Å². The van der Waals surface area contributed by atoms with Crippen LogP contribution in [0, 0.1) is 29.7 Å². The molecular formula is C30H40HfNSi-2. The standard InChI is InChI=1S/C12H10.C9H13.C7H10N.C2H7Si.Hf/c1-3-7-11(8-4-1)12-9-5-2-6-10-12;1-6-5-7(2)9(4)8(6)3;8-7-1-4-5(2-7)6(4)3-7;1-3-2;/h1-10H;6H,1-4H3;4-6,8H,1-3H2;3H,1-2H3;/q;2*-1;;. The number of nitrogens with one attached hydrogen (secondary N) is 1. The van der Waals surface area contributed by atoms with Gasteiger partial charge in [-0.3, -0.25) is 6.08 Å². The van der Waals surface area contributed by atoms with Crippen LogP contribution in [0.25, 0.3) is 16.9 Å². The van der Waals surface area contributed by atoms with Crippen LogP contribution in [-0.2, 0) is 25.8 Å². The summed E-state index contributed by atoms with van der Waals surface area (Å²) < 4.78 is 0. The Kier molecular flexibility index (Phi) is 10.8. The topological polar surface area (TPSA) is 23.8 Å². The first kappa shape index (κ1) is 28.2. The molecule has 2 aromatic carbocycles. The van der Waals surface area contributed by atoms with Crippen molar-refractivity contribution in [3.8, 4) is 11.1 Å². The summed E-state index contributed by atoms with van der Waals surface area (Å²) in [7, 11) is 0.750.